The number of piperidine rings is 1. The molecule has 1 aliphatic heterocycles. The van der Waals surface area contributed by atoms with Crippen LogP contribution < -0.4 is 0 Å². The molecule has 3 aliphatic rings. The van der Waals surface area contributed by atoms with E-state index in [4.69, 9.17) is 0 Å². The van der Waals surface area contributed by atoms with Crippen LogP contribution in [0.3, 0.4) is 0 Å². The lowest BCUT2D eigenvalue weighted by Crippen LogP contribution is -2.43. The van der Waals surface area contributed by atoms with Crippen molar-refractivity contribution in [2.24, 2.45) is 17.8 Å². The highest BCUT2D eigenvalue weighted by molar-refractivity contribution is 4.98. The summed E-state index contributed by atoms with van der Waals surface area (Å²) in [5, 5.41) is 0. The van der Waals surface area contributed by atoms with Crippen LogP contribution in [0.25, 0.3) is 0 Å². The molecule has 0 aromatic rings. The van der Waals surface area contributed by atoms with Crippen molar-refractivity contribution >= 4 is 0 Å². The lowest BCUT2D eigenvalue weighted by Gasteiger charge is -2.37. The predicted molar refractivity (Wildman–Crippen MR) is 77.7 cm³/mol. The molecule has 0 bridgehead atoms. The van der Waals surface area contributed by atoms with E-state index in [1.807, 2.05) is 0 Å². The van der Waals surface area contributed by atoms with Gasteiger partial charge in [-0.1, -0.05) is 51.9 Å². The minimum absolute atomic E-state index is 0.937. The van der Waals surface area contributed by atoms with Gasteiger partial charge in [-0.3, -0.25) is 4.90 Å². The fraction of sp³-hybridized carbons (Fsp3) is 1.00. The lowest BCUT2D eigenvalue weighted by molar-refractivity contribution is 0.106. The zero-order valence-electron chi connectivity index (χ0n) is 12.2. The van der Waals surface area contributed by atoms with E-state index in [0.717, 1.165) is 23.8 Å². The number of hydrogen-bond donors (Lipinski definition) is 0. The van der Waals surface area contributed by atoms with E-state index in [1.54, 1.807) is 6.42 Å². The van der Waals surface area contributed by atoms with Gasteiger partial charge in [0.2, 0.25) is 0 Å². The molecule has 2 aliphatic carbocycles. The summed E-state index contributed by atoms with van der Waals surface area (Å²) in [6.07, 6.45) is 15.0. The number of likely N-dealkylation sites (tertiary alicyclic amines) is 1. The maximum atomic E-state index is 2.89. The molecule has 1 heteroatoms. The van der Waals surface area contributed by atoms with E-state index < -0.39 is 0 Å². The molecular formula is C17H31N. The molecule has 0 aromatic carbocycles. The van der Waals surface area contributed by atoms with Crippen LogP contribution in [-0.4, -0.2) is 24.0 Å². The van der Waals surface area contributed by atoms with Crippen LogP contribution in [0, 0.1) is 17.8 Å². The maximum Gasteiger partial charge on any atom is 0.00954 e. The molecule has 3 fully saturated rings. The Morgan fingerprint density at radius 1 is 0.778 bits per heavy atom. The molecule has 1 heterocycles. The average molecular weight is 249 g/mol. The molecule has 3 rings (SSSR count). The molecule has 0 spiro atoms. The van der Waals surface area contributed by atoms with Crippen molar-refractivity contribution < 1.29 is 0 Å². The summed E-state index contributed by atoms with van der Waals surface area (Å²) in [6.45, 7) is 5.35. The fourth-order valence-corrected chi connectivity index (χ4v) is 4.51. The van der Waals surface area contributed by atoms with E-state index in [-0.39, 0.29) is 0 Å². The Morgan fingerprint density at radius 2 is 1.39 bits per heavy atom. The highest BCUT2D eigenvalue weighted by Crippen LogP contribution is 2.48. The second kappa shape index (κ2) is 5.94. The third-order valence-electron chi connectivity index (χ3n) is 5.79. The van der Waals surface area contributed by atoms with Crippen LogP contribution >= 0.6 is 0 Å². The smallest absolute Gasteiger partial charge is 0.00954 e. The van der Waals surface area contributed by atoms with Crippen LogP contribution in [-0.2, 0) is 0 Å². The highest BCUT2D eigenvalue weighted by Gasteiger charge is 2.46. The summed E-state index contributed by atoms with van der Waals surface area (Å²) >= 11 is 0. The van der Waals surface area contributed by atoms with Crippen LogP contribution in [0.2, 0.25) is 0 Å². The number of rotatable bonds is 1. The minimum Gasteiger partial charge on any atom is -0.300 e. The van der Waals surface area contributed by atoms with Crippen molar-refractivity contribution in [1.82, 2.24) is 4.90 Å². The number of fused-ring (bicyclic) bond motifs is 1. The van der Waals surface area contributed by atoms with Crippen molar-refractivity contribution in [3.8, 4) is 0 Å². The standard InChI is InChI=1S/C17H31N/c1-14-12-18(13-15-11-17(14)15)16-9-7-5-3-2-4-6-8-10-16/h14-17H,2-13H2,1H3/t14?,15-,17?/m0/s1. The predicted octanol–water partition coefficient (Wildman–Crippen LogP) is 4.47. The summed E-state index contributed by atoms with van der Waals surface area (Å²) in [5.41, 5.74) is 0. The first-order chi connectivity index (χ1) is 8.84. The summed E-state index contributed by atoms with van der Waals surface area (Å²) in [6, 6.07) is 0.937. The molecule has 18 heavy (non-hydrogen) atoms. The molecule has 2 saturated carbocycles. The molecule has 1 nitrogen and oxygen atoms in total. The summed E-state index contributed by atoms with van der Waals surface area (Å²) in [5.74, 6) is 3.18. The second-order valence-corrected chi connectivity index (χ2v) is 7.30. The van der Waals surface area contributed by atoms with Gasteiger partial charge in [0.1, 0.15) is 0 Å². The van der Waals surface area contributed by atoms with Crippen LogP contribution in [0.5, 0.6) is 0 Å². The average Bonchev–Trinajstić information content (AvgIpc) is 3.15. The maximum absolute atomic E-state index is 2.89. The molecule has 2 unspecified atom stereocenters. The number of hydrogen-bond acceptors (Lipinski definition) is 1. The molecule has 1 saturated heterocycles. The van der Waals surface area contributed by atoms with Gasteiger partial charge in [-0.15, -0.1) is 0 Å². The molecule has 0 aromatic heterocycles. The highest BCUT2D eigenvalue weighted by atomic mass is 15.2. The van der Waals surface area contributed by atoms with E-state index in [1.165, 1.54) is 70.9 Å². The first-order valence-electron chi connectivity index (χ1n) is 8.58. The van der Waals surface area contributed by atoms with Gasteiger partial charge in [0, 0.05) is 19.1 Å². The van der Waals surface area contributed by atoms with Gasteiger partial charge in [0.05, 0.1) is 0 Å². The van der Waals surface area contributed by atoms with Crippen molar-refractivity contribution in [2.75, 3.05) is 13.1 Å². The molecular weight excluding hydrogens is 218 g/mol. The molecule has 0 N–H and O–H groups in total. The van der Waals surface area contributed by atoms with Crippen molar-refractivity contribution in [2.45, 2.75) is 77.2 Å². The molecule has 3 atom stereocenters. The first-order valence-corrected chi connectivity index (χ1v) is 8.58. The Labute approximate surface area is 113 Å². The zero-order chi connectivity index (χ0) is 12.4. The first kappa shape index (κ1) is 13.0. The van der Waals surface area contributed by atoms with Gasteiger partial charge in [-0.25, -0.2) is 0 Å². The Balaban J connectivity index is 1.54. The summed E-state index contributed by atoms with van der Waals surface area (Å²) in [7, 11) is 0. The van der Waals surface area contributed by atoms with Crippen molar-refractivity contribution in [1.29, 1.82) is 0 Å². The van der Waals surface area contributed by atoms with Crippen LogP contribution in [0.1, 0.15) is 71.1 Å². The Kier molecular flexibility index (Phi) is 4.28. The summed E-state index contributed by atoms with van der Waals surface area (Å²) < 4.78 is 0. The van der Waals surface area contributed by atoms with Gasteiger partial charge >= 0.3 is 0 Å². The van der Waals surface area contributed by atoms with Gasteiger partial charge in [-0.2, -0.15) is 0 Å². The fourth-order valence-electron chi connectivity index (χ4n) is 4.51. The zero-order valence-corrected chi connectivity index (χ0v) is 12.2. The third-order valence-corrected chi connectivity index (χ3v) is 5.79. The van der Waals surface area contributed by atoms with E-state index in [9.17, 15) is 0 Å². The Morgan fingerprint density at radius 3 is 2.00 bits per heavy atom. The van der Waals surface area contributed by atoms with Crippen molar-refractivity contribution in [3.05, 3.63) is 0 Å². The van der Waals surface area contributed by atoms with Gasteiger partial charge in [-0.05, 0) is 37.0 Å². The molecule has 0 radical (unpaired) electrons. The lowest BCUT2D eigenvalue weighted by atomic mass is 9.92. The van der Waals surface area contributed by atoms with Crippen molar-refractivity contribution in [3.63, 3.8) is 0 Å². The Bertz CT molecular complexity index is 252. The summed E-state index contributed by atoms with van der Waals surface area (Å²) in [4.78, 5) is 2.89. The van der Waals surface area contributed by atoms with Gasteiger partial charge < -0.3 is 0 Å². The second-order valence-electron chi connectivity index (χ2n) is 7.30. The van der Waals surface area contributed by atoms with E-state index in [2.05, 4.69) is 11.8 Å². The molecule has 104 valence electrons. The topological polar surface area (TPSA) is 3.24 Å². The van der Waals surface area contributed by atoms with Crippen LogP contribution in [0.4, 0.5) is 0 Å². The van der Waals surface area contributed by atoms with Crippen LogP contribution in [0.15, 0.2) is 0 Å². The monoisotopic (exact) mass is 249 g/mol. The quantitative estimate of drug-likeness (QED) is 0.663. The van der Waals surface area contributed by atoms with E-state index >= 15 is 0 Å². The SMILES string of the molecule is CC1CN(C2CCCCCCCCC2)C[C@@H]2CC12. The Hall–Kier alpha value is -0.0400. The number of nitrogens with zero attached hydrogens (tertiary/aromatic N) is 1. The third kappa shape index (κ3) is 3.10. The minimum atomic E-state index is 0.937. The largest absolute Gasteiger partial charge is 0.300 e. The van der Waals surface area contributed by atoms with E-state index in [0.29, 0.717) is 0 Å². The van der Waals surface area contributed by atoms with Gasteiger partial charge in [0.25, 0.3) is 0 Å². The molecule has 0 amide bonds. The normalized spacial score (nSPS) is 40.2. The van der Waals surface area contributed by atoms with Gasteiger partial charge in [0.15, 0.2) is 0 Å².